The van der Waals surface area contributed by atoms with Crippen LogP contribution < -0.4 is 5.19 Å². The maximum atomic E-state index is 6.40. The van der Waals surface area contributed by atoms with E-state index in [0.717, 1.165) is 68.8 Å². The maximum absolute atomic E-state index is 6.40. The van der Waals surface area contributed by atoms with Gasteiger partial charge >= 0.3 is 0 Å². The molecule has 3 aromatic heterocycles. The van der Waals surface area contributed by atoms with Crippen molar-refractivity contribution < 1.29 is 24.5 Å². The Kier molecular flexibility index (Phi) is 12.0. The molecule has 0 spiro atoms. The van der Waals surface area contributed by atoms with Crippen LogP contribution >= 0.6 is 0 Å². The Morgan fingerprint density at radius 3 is 2.25 bits per heavy atom. The van der Waals surface area contributed by atoms with Gasteiger partial charge in [0.25, 0.3) is 0 Å². The summed E-state index contributed by atoms with van der Waals surface area (Å²) in [5.41, 5.74) is 11.2. The van der Waals surface area contributed by atoms with Crippen molar-refractivity contribution in [3.05, 3.63) is 139 Å². The minimum atomic E-state index is -1.37. The predicted octanol–water partition coefficient (Wildman–Crippen LogP) is 12.5. The number of pyridine rings is 2. The number of hydrogen-bond acceptors (Lipinski definition) is 3. The van der Waals surface area contributed by atoms with E-state index in [1.807, 2.05) is 36.5 Å². The summed E-state index contributed by atoms with van der Waals surface area (Å²) >= 11 is 0. The van der Waals surface area contributed by atoms with Crippen LogP contribution in [-0.4, -0.2) is 18.0 Å². The molecule has 0 amide bonds. The van der Waals surface area contributed by atoms with Crippen molar-refractivity contribution in [2.75, 3.05) is 0 Å². The van der Waals surface area contributed by atoms with E-state index in [2.05, 4.69) is 137 Å². The van der Waals surface area contributed by atoms with E-state index in [9.17, 15) is 0 Å². The van der Waals surface area contributed by atoms with Crippen molar-refractivity contribution in [2.45, 2.75) is 78.9 Å². The third-order valence-electron chi connectivity index (χ3n) is 10.1. The Morgan fingerprint density at radius 1 is 0.755 bits per heavy atom. The van der Waals surface area contributed by atoms with Crippen LogP contribution in [0.15, 0.2) is 120 Å². The summed E-state index contributed by atoms with van der Waals surface area (Å²) in [5.74, 6) is 0.817. The molecule has 273 valence electrons. The van der Waals surface area contributed by atoms with Gasteiger partial charge in [0.15, 0.2) is 0 Å². The molecule has 1 saturated carbocycles. The molecule has 1 aliphatic carbocycles. The summed E-state index contributed by atoms with van der Waals surface area (Å²) in [6, 6.07) is 42.4. The molecule has 53 heavy (non-hydrogen) atoms. The molecular weight excluding hydrogens is 841 g/mol. The van der Waals surface area contributed by atoms with Gasteiger partial charge in [-0.25, -0.2) is 0 Å². The molecule has 1 radical (unpaired) electrons. The number of benzene rings is 4. The first-order valence-corrected chi connectivity index (χ1v) is 22.4. The van der Waals surface area contributed by atoms with Gasteiger partial charge in [0.2, 0.25) is 0 Å². The second-order valence-corrected chi connectivity index (χ2v) is 21.7. The second kappa shape index (κ2) is 16.5. The summed E-state index contributed by atoms with van der Waals surface area (Å²) in [7, 11) is -1.37. The van der Waals surface area contributed by atoms with Gasteiger partial charge in [-0.05, 0) is 64.0 Å². The monoisotopic (exact) mass is 891 g/mol. The minimum Gasteiger partial charge on any atom is -0.501 e. The summed E-state index contributed by atoms with van der Waals surface area (Å²) in [6.45, 7) is 14.1. The Hall–Kier alpha value is -4.15. The van der Waals surface area contributed by atoms with Crippen molar-refractivity contribution in [3.63, 3.8) is 0 Å². The van der Waals surface area contributed by atoms with Gasteiger partial charge in [-0.3, -0.25) is 0 Å². The van der Waals surface area contributed by atoms with E-state index in [4.69, 9.17) is 9.40 Å². The summed E-state index contributed by atoms with van der Waals surface area (Å²) < 4.78 is 6.40. The van der Waals surface area contributed by atoms with E-state index < -0.39 is 8.07 Å². The zero-order valence-electron chi connectivity index (χ0n) is 31.9. The van der Waals surface area contributed by atoms with E-state index in [0.29, 0.717) is 0 Å². The van der Waals surface area contributed by atoms with Gasteiger partial charge in [0.05, 0.1) is 13.7 Å². The number of fused-ring (bicyclic) bond motifs is 3. The topological polar surface area (TPSA) is 38.9 Å². The van der Waals surface area contributed by atoms with Crippen molar-refractivity contribution in [2.24, 2.45) is 11.3 Å². The third kappa shape index (κ3) is 9.33. The van der Waals surface area contributed by atoms with E-state index >= 15 is 0 Å². The number of rotatable bonds is 7. The molecular formula is C48H50IrN2OSi-2. The van der Waals surface area contributed by atoms with Crippen LogP contribution in [0.3, 0.4) is 0 Å². The zero-order valence-corrected chi connectivity index (χ0v) is 35.3. The summed E-state index contributed by atoms with van der Waals surface area (Å²) in [5, 5.41) is 3.73. The van der Waals surface area contributed by atoms with Crippen LogP contribution in [-0.2, 0) is 32.9 Å². The van der Waals surface area contributed by atoms with E-state index in [-0.39, 0.29) is 25.5 Å². The Labute approximate surface area is 330 Å². The van der Waals surface area contributed by atoms with Crippen molar-refractivity contribution in [1.29, 1.82) is 0 Å². The third-order valence-corrected chi connectivity index (χ3v) is 12.2. The van der Waals surface area contributed by atoms with E-state index in [1.54, 1.807) is 0 Å². The molecule has 8 rings (SSSR count). The molecule has 0 aliphatic heterocycles. The minimum absolute atomic E-state index is 0. The summed E-state index contributed by atoms with van der Waals surface area (Å²) in [4.78, 5) is 9.39. The SMILES string of the molecule is CC(C)(C)Cc1cc(-c2[c-]cccc2)ncc1[Si](C)(C)C.[Ir].[c-]1ccc2c(oc3cc(-c4ccccc4)ccc32)c1-c1cc(CC2CCCC2)ccn1. The fourth-order valence-electron chi connectivity index (χ4n) is 7.62. The molecule has 5 heteroatoms. The first-order chi connectivity index (χ1) is 25.0. The molecule has 0 atom stereocenters. The maximum Gasteiger partial charge on any atom is 0.121 e. The van der Waals surface area contributed by atoms with Gasteiger partial charge in [-0.2, -0.15) is 0 Å². The van der Waals surface area contributed by atoms with Gasteiger partial charge in [0.1, 0.15) is 5.58 Å². The van der Waals surface area contributed by atoms with Gasteiger partial charge < -0.3 is 14.4 Å². The van der Waals surface area contributed by atoms with Crippen LogP contribution in [0.25, 0.3) is 55.6 Å². The first kappa shape index (κ1) is 38.6. The molecule has 1 fully saturated rings. The van der Waals surface area contributed by atoms with Crippen LogP contribution in [0.5, 0.6) is 0 Å². The largest absolute Gasteiger partial charge is 0.501 e. The number of furan rings is 1. The fourth-order valence-corrected chi connectivity index (χ4v) is 9.19. The zero-order chi connectivity index (χ0) is 36.3. The van der Waals surface area contributed by atoms with Gasteiger partial charge in [0, 0.05) is 37.9 Å². The molecule has 3 nitrogen and oxygen atoms in total. The molecule has 3 heterocycles. The van der Waals surface area contributed by atoms with Crippen molar-refractivity contribution in [1.82, 2.24) is 9.97 Å². The van der Waals surface area contributed by atoms with Crippen molar-refractivity contribution in [3.8, 4) is 33.6 Å². The quantitative estimate of drug-likeness (QED) is 0.118. The van der Waals surface area contributed by atoms with E-state index in [1.165, 1.54) is 47.6 Å². The first-order valence-electron chi connectivity index (χ1n) is 18.9. The van der Waals surface area contributed by atoms with Crippen molar-refractivity contribution >= 4 is 35.2 Å². The Morgan fingerprint density at radius 2 is 1.53 bits per heavy atom. The molecule has 0 bridgehead atoms. The summed E-state index contributed by atoms with van der Waals surface area (Å²) in [6.07, 6.45) is 11.7. The van der Waals surface area contributed by atoms with Gasteiger partial charge in [-0.15, -0.1) is 54.1 Å². The Bertz CT molecular complexity index is 2280. The van der Waals surface area contributed by atoms with Crippen LogP contribution in [0.1, 0.15) is 57.6 Å². The van der Waals surface area contributed by atoms with Crippen LogP contribution in [0.4, 0.5) is 0 Å². The average Bonchev–Trinajstić information content (AvgIpc) is 3.79. The number of aromatic nitrogens is 2. The van der Waals surface area contributed by atoms with Crippen LogP contribution in [0, 0.1) is 23.5 Å². The standard InChI is InChI=1S/C29H24NO.C19H26NSi.Ir/c1-2-9-22(10-3-1)23-13-14-24-25-11-6-12-26(29(25)31-28(24)19-23)27-18-21(15-16-30-27)17-20-7-4-5-8-20;1-19(2,3)13-16-12-17(15-10-8-7-9-11-15)20-14-18(16)21(4,5)6;/h1-3,6,9-11,13-16,18-20H,4-5,7-8,17H2;7-10,12,14H,13H2,1-6H3;/q2*-1;. The average molecular weight is 891 g/mol. The predicted molar refractivity (Wildman–Crippen MR) is 222 cm³/mol. The molecule has 0 unspecified atom stereocenters. The number of nitrogens with zero attached hydrogens (tertiary/aromatic N) is 2. The second-order valence-electron chi connectivity index (χ2n) is 16.7. The molecule has 0 saturated heterocycles. The van der Waals surface area contributed by atoms with Gasteiger partial charge in [-0.1, -0.05) is 143 Å². The normalized spacial score (nSPS) is 13.5. The molecule has 0 N–H and O–H groups in total. The molecule has 4 aromatic carbocycles. The fraction of sp³-hybridized carbons (Fsp3) is 0.292. The molecule has 7 aromatic rings. The van der Waals surface area contributed by atoms with Crippen LogP contribution in [0.2, 0.25) is 19.6 Å². The smallest absolute Gasteiger partial charge is 0.121 e. The number of hydrogen-bond donors (Lipinski definition) is 0. The molecule has 1 aliphatic rings. The Balaban J connectivity index is 0.000000193.